The van der Waals surface area contributed by atoms with E-state index < -0.39 is 5.82 Å². The van der Waals surface area contributed by atoms with Gasteiger partial charge < -0.3 is 15.5 Å². The maximum Gasteiger partial charge on any atom is 0.255 e. The first kappa shape index (κ1) is 15.8. The van der Waals surface area contributed by atoms with E-state index in [4.69, 9.17) is 5.73 Å². The fourth-order valence-corrected chi connectivity index (χ4v) is 2.87. The van der Waals surface area contributed by atoms with Crippen molar-refractivity contribution < 1.29 is 9.18 Å². The summed E-state index contributed by atoms with van der Waals surface area (Å²) >= 11 is 0. The molecule has 1 amide bonds. The van der Waals surface area contributed by atoms with Gasteiger partial charge in [0.1, 0.15) is 5.82 Å². The summed E-state index contributed by atoms with van der Waals surface area (Å²) in [7, 11) is 1.81. The number of carbonyl (C=O) groups is 1. The number of carbonyl (C=O) groups excluding carboxylic acids is 1. The molecule has 1 aliphatic heterocycles. The predicted octanol–water partition coefficient (Wildman–Crippen LogP) is 2.35. The molecule has 2 N–H and O–H groups in total. The fraction of sp³-hybridized carbons (Fsp3) is 0.562. The Morgan fingerprint density at radius 2 is 2.00 bits per heavy atom. The van der Waals surface area contributed by atoms with Crippen LogP contribution in [0.3, 0.4) is 0 Å². The number of amides is 1. The largest absolute Gasteiger partial charge is 0.398 e. The summed E-state index contributed by atoms with van der Waals surface area (Å²) in [6, 6.07) is 4.70. The second kappa shape index (κ2) is 6.43. The zero-order chi connectivity index (χ0) is 15.6. The summed E-state index contributed by atoms with van der Waals surface area (Å²) in [5.41, 5.74) is 6.34. The predicted molar refractivity (Wildman–Crippen MR) is 82.6 cm³/mol. The first-order valence-corrected chi connectivity index (χ1v) is 7.46. The van der Waals surface area contributed by atoms with E-state index in [2.05, 4.69) is 18.7 Å². The lowest BCUT2D eigenvalue weighted by Crippen LogP contribution is -2.47. The maximum atomic E-state index is 13.1. The van der Waals surface area contributed by atoms with Crippen LogP contribution in [0.5, 0.6) is 0 Å². The van der Waals surface area contributed by atoms with E-state index >= 15 is 0 Å². The van der Waals surface area contributed by atoms with Gasteiger partial charge in [-0.15, -0.1) is 0 Å². The summed E-state index contributed by atoms with van der Waals surface area (Å²) in [6.45, 7) is 6.38. The van der Waals surface area contributed by atoms with E-state index in [1.165, 1.54) is 18.2 Å². The minimum Gasteiger partial charge on any atom is -0.398 e. The van der Waals surface area contributed by atoms with Crippen molar-refractivity contribution in [2.45, 2.75) is 38.8 Å². The van der Waals surface area contributed by atoms with E-state index in [9.17, 15) is 9.18 Å². The Balaban J connectivity index is 2.03. The molecule has 0 atom stereocenters. The number of hydrogen-bond acceptors (Lipinski definition) is 3. The van der Waals surface area contributed by atoms with Crippen LogP contribution in [0.15, 0.2) is 18.2 Å². The van der Waals surface area contributed by atoms with E-state index in [-0.39, 0.29) is 17.6 Å². The van der Waals surface area contributed by atoms with Crippen molar-refractivity contribution in [1.82, 2.24) is 9.80 Å². The molecule has 1 aromatic rings. The average molecular weight is 293 g/mol. The van der Waals surface area contributed by atoms with Gasteiger partial charge in [0.15, 0.2) is 0 Å². The van der Waals surface area contributed by atoms with Gasteiger partial charge in [0.05, 0.1) is 5.56 Å². The number of halogens is 1. The molecule has 0 unspecified atom stereocenters. The van der Waals surface area contributed by atoms with Gasteiger partial charge in [-0.05, 0) is 44.9 Å². The highest BCUT2D eigenvalue weighted by atomic mass is 19.1. The molecule has 1 fully saturated rings. The molecule has 1 aliphatic rings. The third-order valence-electron chi connectivity index (χ3n) is 4.34. The van der Waals surface area contributed by atoms with E-state index in [0.717, 1.165) is 25.9 Å². The van der Waals surface area contributed by atoms with Crippen LogP contribution in [0.2, 0.25) is 0 Å². The van der Waals surface area contributed by atoms with E-state index in [1.807, 2.05) is 0 Å². The van der Waals surface area contributed by atoms with Gasteiger partial charge in [0.25, 0.3) is 5.91 Å². The molecular formula is C16H24FN3O. The van der Waals surface area contributed by atoms with Gasteiger partial charge in [-0.3, -0.25) is 4.79 Å². The van der Waals surface area contributed by atoms with Crippen LogP contribution in [0.1, 0.15) is 37.0 Å². The highest BCUT2D eigenvalue weighted by Gasteiger charge is 2.27. The molecule has 21 heavy (non-hydrogen) atoms. The lowest BCUT2D eigenvalue weighted by atomic mass is 10.0. The highest BCUT2D eigenvalue weighted by Crippen LogP contribution is 2.21. The van der Waals surface area contributed by atoms with Crippen molar-refractivity contribution in [3.63, 3.8) is 0 Å². The number of likely N-dealkylation sites (tertiary alicyclic amines) is 1. The molecule has 1 aromatic carbocycles. The number of rotatable bonds is 3. The van der Waals surface area contributed by atoms with Gasteiger partial charge >= 0.3 is 0 Å². The normalized spacial score (nSPS) is 17.2. The Labute approximate surface area is 125 Å². The molecule has 116 valence electrons. The molecule has 0 spiro atoms. The number of piperidine rings is 1. The Morgan fingerprint density at radius 3 is 2.52 bits per heavy atom. The smallest absolute Gasteiger partial charge is 0.255 e. The number of nitrogens with two attached hydrogens (primary N) is 1. The van der Waals surface area contributed by atoms with E-state index in [1.54, 1.807) is 11.9 Å². The third-order valence-corrected chi connectivity index (χ3v) is 4.34. The summed E-state index contributed by atoms with van der Waals surface area (Å²) in [6.07, 6.45) is 1.92. The first-order valence-electron chi connectivity index (χ1n) is 7.46. The summed E-state index contributed by atoms with van der Waals surface area (Å²) in [5, 5.41) is 0. The minimum absolute atomic E-state index is 0.129. The van der Waals surface area contributed by atoms with Crippen LogP contribution in [0.25, 0.3) is 0 Å². The van der Waals surface area contributed by atoms with Gasteiger partial charge in [0, 0.05) is 37.9 Å². The Morgan fingerprint density at radius 1 is 1.38 bits per heavy atom. The SMILES string of the molecule is CC(C)N1CCC(N(C)C(=O)c2ccc(F)cc2N)CC1. The zero-order valence-electron chi connectivity index (χ0n) is 13.0. The number of hydrogen-bond donors (Lipinski definition) is 1. The molecule has 5 heteroatoms. The summed E-state index contributed by atoms with van der Waals surface area (Å²) < 4.78 is 13.1. The van der Waals surface area contributed by atoms with Gasteiger partial charge in [-0.25, -0.2) is 4.39 Å². The van der Waals surface area contributed by atoms with Crippen LogP contribution in [-0.4, -0.2) is 47.9 Å². The van der Waals surface area contributed by atoms with Crippen LogP contribution in [0.4, 0.5) is 10.1 Å². The highest BCUT2D eigenvalue weighted by molar-refractivity contribution is 5.99. The molecule has 0 aromatic heterocycles. The Bertz CT molecular complexity index is 510. The van der Waals surface area contributed by atoms with Crippen molar-refractivity contribution in [3.05, 3.63) is 29.6 Å². The summed E-state index contributed by atoms with van der Waals surface area (Å²) in [5.74, 6) is -0.549. The third kappa shape index (κ3) is 3.53. The summed E-state index contributed by atoms with van der Waals surface area (Å²) in [4.78, 5) is 16.7. The number of nitrogen functional groups attached to an aromatic ring is 1. The lowest BCUT2D eigenvalue weighted by Gasteiger charge is -2.38. The molecule has 0 saturated carbocycles. The van der Waals surface area contributed by atoms with Gasteiger partial charge in [-0.2, -0.15) is 0 Å². The second-order valence-electron chi connectivity index (χ2n) is 6.01. The molecule has 1 saturated heterocycles. The van der Waals surface area contributed by atoms with Crippen LogP contribution in [-0.2, 0) is 0 Å². The Kier molecular flexibility index (Phi) is 4.83. The molecule has 0 radical (unpaired) electrons. The monoisotopic (exact) mass is 293 g/mol. The van der Waals surface area contributed by atoms with Crippen LogP contribution < -0.4 is 5.73 Å². The Hall–Kier alpha value is -1.62. The number of nitrogens with zero attached hydrogens (tertiary/aromatic N) is 2. The van der Waals surface area contributed by atoms with Crippen molar-refractivity contribution >= 4 is 11.6 Å². The molecule has 0 aliphatic carbocycles. The minimum atomic E-state index is -0.419. The lowest BCUT2D eigenvalue weighted by molar-refractivity contribution is 0.0616. The zero-order valence-corrected chi connectivity index (χ0v) is 13.0. The number of benzene rings is 1. The molecule has 2 rings (SSSR count). The second-order valence-corrected chi connectivity index (χ2v) is 6.01. The maximum absolute atomic E-state index is 13.1. The molecule has 1 heterocycles. The topological polar surface area (TPSA) is 49.6 Å². The van der Waals surface area contributed by atoms with Crippen molar-refractivity contribution in [3.8, 4) is 0 Å². The van der Waals surface area contributed by atoms with E-state index in [0.29, 0.717) is 11.6 Å². The number of anilines is 1. The van der Waals surface area contributed by atoms with Gasteiger partial charge in [-0.1, -0.05) is 0 Å². The van der Waals surface area contributed by atoms with Crippen LogP contribution >= 0.6 is 0 Å². The van der Waals surface area contributed by atoms with Crippen molar-refractivity contribution in [1.29, 1.82) is 0 Å². The fourth-order valence-electron chi connectivity index (χ4n) is 2.87. The quantitative estimate of drug-likeness (QED) is 0.870. The molecule has 0 bridgehead atoms. The van der Waals surface area contributed by atoms with Crippen molar-refractivity contribution in [2.24, 2.45) is 0 Å². The van der Waals surface area contributed by atoms with Gasteiger partial charge in [0.2, 0.25) is 0 Å². The van der Waals surface area contributed by atoms with Crippen molar-refractivity contribution in [2.75, 3.05) is 25.9 Å². The average Bonchev–Trinajstić information content (AvgIpc) is 2.46. The standard InChI is InChI=1S/C16H24FN3O/c1-11(2)20-8-6-13(7-9-20)19(3)16(21)14-5-4-12(17)10-15(14)18/h4-5,10-11,13H,6-9,18H2,1-3H3. The van der Waals surface area contributed by atoms with Crippen LogP contribution in [0, 0.1) is 5.82 Å². The molecule has 4 nitrogen and oxygen atoms in total. The first-order chi connectivity index (χ1) is 9.90. The molecular weight excluding hydrogens is 269 g/mol.